The van der Waals surface area contributed by atoms with E-state index in [-0.39, 0.29) is 5.91 Å². The summed E-state index contributed by atoms with van der Waals surface area (Å²) in [5.41, 5.74) is 4.85. The maximum absolute atomic E-state index is 13.0. The van der Waals surface area contributed by atoms with Gasteiger partial charge in [-0.2, -0.15) is 0 Å². The van der Waals surface area contributed by atoms with E-state index >= 15 is 0 Å². The van der Waals surface area contributed by atoms with E-state index in [1.54, 1.807) is 24.5 Å². The van der Waals surface area contributed by atoms with Gasteiger partial charge in [0.2, 0.25) is 5.91 Å². The van der Waals surface area contributed by atoms with Crippen molar-refractivity contribution in [3.05, 3.63) is 72.1 Å². The molecule has 1 amide bonds. The SMILES string of the molecule is Cc1ccc(-n2c(SC(C)C(=O)Nc3ccc4c(c3)OCCO4)nnc2-c2ccncc2)cc1C. The lowest BCUT2D eigenvalue weighted by Crippen LogP contribution is -2.23. The molecule has 0 bridgehead atoms. The van der Waals surface area contributed by atoms with Crippen LogP contribution in [0.15, 0.2) is 66.1 Å². The average Bonchev–Trinajstić information content (AvgIpc) is 3.29. The van der Waals surface area contributed by atoms with Crippen LogP contribution in [0.3, 0.4) is 0 Å². The number of aromatic nitrogens is 4. The van der Waals surface area contributed by atoms with Crippen molar-refractivity contribution >= 4 is 23.4 Å². The van der Waals surface area contributed by atoms with Gasteiger partial charge in [-0.1, -0.05) is 17.8 Å². The molecule has 2 aromatic heterocycles. The summed E-state index contributed by atoms with van der Waals surface area (Å²) in [6.07, 6.45) is 3.45. The molecule has 0 spiro atoms. The molecule has 0 saturated heterocycles. The normalized spacial score (nSPS) is 13.3. The molecule has 1 unspecified atom stereocenters. The minimum Gasteiger partial charge on any atom is -0.486 e. The van der Waals surface area contributed by atoms with Gasteiger partial charge in [0.15, 0.2) is 22.5 Å². The molecule has 8 nitrogen and oxygen atoms in total. The molecule has 0 saturated carbocycles. The first-order chi connectivity index (χ1) is 17.0. The fraction of sp³-hybridized carbons (Fsp3) is 0.231. The number of thioether (sulfide) groups is 1. The number of carbonyl (C=O) groups is 1. The molecule has 0 aliphatic carbocycles. The number of aryl methyl sites for hydroxylation is 2. The van der Waals surface area contributed by atoms with E-state index in [1.165, 1.54) is 17.3 Å². The molecule has 1 aliphatic heterocycles. The molecule has 178 valence electrons. The van der Waals surface area contributed by atoms with Crippen LogP contribution in [-0.4, -0.2) is 44.1 Å². The van der Waals surface area contributed by atoms with Crippen LogP contribution in [-0.2, 0) is 4.79 Å². The number of rotatable bonds is 6. The first-order valence-electron chi connectivity index (χ1n) is 11.3. The predicted molar refractivity (Wildman–Crippen MR) is 135 cm³/mol. The molecule has 1 N–H and O–H groups in total. The van der Waals surface area contributed by atoms with Crippen LogP contribution in [0, 0.1) is 13.8 Å². The van der Waals surface area contributed by atoms with Crippen LogP contribution in [0.4, 0.5) is 5.69 Å². The van der Waals surface area contributed by atoms with Crippen molar-refractivity contribution in [2.75, 3.05) is 18.5 Å². The number of pyridine rings is 1. The number of hydrogen-bond acceptors (Lipinski definition) is 7. The number of nitrogens with one attached hydrogen (secondary N) is 1. The van der Waals surface area contributed by atoms with E-state index in [1.807, 2.05) is 35.8 Å². The number of nitrogens with zero attached hydrogens (tertiary/aromatic N) is 4. The van der Waals surface area contributed by atoms with Crippen LogP contribution >= 0.6 is 11.8 Å². The van der Waals surface area contributed by atoms with Crippen molar-refractivity contribution in [1.82, 2.24) is 19.7 Å². The summed E-state index contributed by atoms with van der Waals surface area (Å²) in [5, 5.41) is 12.1. The van der Waals surface area contributed by atoms with Crippen LogP contribution in [0.1, 0.15) is 18.1 Å². The number of amides is 1. The highest BCUT2D eigenvalue weighted by Gasteiger charge is 2.23. The van der Waals surface area contributed by atoms with Crippen LogP contribution < -0.4 is 14.8 Å². The quantitative estimate of drug-likeness (QED) is 0.389. The maximum Gasteiger partial charge on any atom is 0.237 e. The topological polar surface area (TPSA) is 91.2 Å². The van der Waals surface area contributed by atoms with Gasteiger partial charge in [0.25, 0.3) is 0 Å². The average molecular weight is 488 g/mol. The summed E-state index contributed by atoms with van der Waals surface area (Å²) in [6, 6.07) is 15.4. The Morgan fingerprint density at radius 2 is 1.74 bits per heavy atom. The van der Waals surface area contributed by atoms with E-state index in [0.29, 0.717) is 41.4 Å². The van der Waals surface area contributed by atoms with Gasteiger partial charge in [-0.15, -0.1) is 10.2 Å². The number of anilines is 1. The summed E-state index contributed by atoms with van der Waals surface area (Å²) in [4.78, 5) is 17.2. The van der Waals surface area contributed by atoms with Crippen LogP contribution in [0.25, 0.3) is 17.1 Å². The molecule has 1 aliphatic rings. The van der Waals surface area contributed by atoms with Gasteiger partial charge in [0, 0.05) is 29.7 Å². The Labute approximate surface area is 207 Å². The second-order valence-electron chi connectivity index (χ2n) is 8.25. The van der Waals surface area contributed by atoms with Crippen molar-refractivity contribution in [2.45, 2.75) is 31.2 Å². The third kappa shape index (κ3) is 4.85. The highest BCUT2D eigenvalue weighted by Crippen LogP contribution is 2.34. The minimum atomic E-state index is -0.428. The molecule has 1 atom stereocenters. The molecule has 0 radical (unpaired) electrons. The zero-order valence-electron chi connectivity index (χ0n) is 19.7. The van der Waals surface area contributed by atoms with Crippen LogP contribution in [0.5, 0.6) is 11.5 Å². The summed E-state index contributed by atoms with van der Waals surface area (Å²) >= 11 is 1.35. The molecule has 9 heteroatoms. The summed E-state index contributed by atoms with van der Waals surface area (Å²) in [6.45, 7) is 7.02. The van der Waals surface area contributed by atoms with Crippen molar-refractivity contribution < 1.29 is 14.3 Å². The first-order valence-corrected chi connectivity index (χ1v) is 12.2. The van der Waals surface area contributed by atoms with E-state index in [9.17, 15) is 4.79 Å². The van der Waals surface area contributed by atoms with Gasteiger partial charge in [0.05, 0.1) is 10.9 Å². The smallest absolute Gasteiger partial charge is 0.237 e. The monoisotopic (exact) mass is 487 g/mol. The molecule has 35 heavy (non-hydrogen) atoms. The number of ether oxygens (including phenoxy) is 2. The third-order valence-electron chi connectivity index (χ3n) is 5.78. The second-order valence-corrected chi connectivity index (χ2v) is 9.56. The lowest BCUT2D eigenvalue weighted by atomic mass is 10.1. The van der Waals surface area contributed by atoms with E-state index < -0.39 is 5.25 Å². The Kier molecular flexibility index (Phi) is 6.41. The molecule has 0 fully saturated rings. The molecular formula is C26H25N5O3S. The lowest BCUT2D eigenvalue weighted by Gasteiger charge is -2.19. The number of hydrogen-bond donors (Lipinski definition) is 1. The fourth-order valence-electron chi connectivity index (χ4n) is 3.71. The lowest BCUT2D eigenvalue weighted by molar-refractivity contribution is -0.115. The second kappa shape index (κ2) is 9.79. The van der Waals surface area contributed by atoms with Crippen molar-refractivity contribution in [3.8, 4) is 28.6 Å². The highest BCUT2D eigenvalue weighted by atomic mass is 32.2. The molecule has 2 aromatic carbocycles. The Balaban J connectivity index is 1.41. The third-order valence-corrected chi connectivity index (χ3v) is 6.82. The number of carbonyl (C=O) groups excluding carboxylic acids is 1. The standard InChI is InChI=1S/C26H25N5O3S/c1-16-4-6-21(14-17(16)2)31-24(19-8-10-27-11-9-19)29-30-26(31)35-18(3)25(32)28-20-5-7-22-23(15-20)34-13-12-33-22/h4-11,14-15,18H,12-13H2,1-3H3,(H,28,32). The fourth-order valence-corrected chi connectivity index (χ4v) is 4.58. The van der Waals surface area contributed by atoms with E-state index in [4.69, 9.17) is 9.47 Å². The minimum absolute atomic E-state index is 0.147. The Morgan fingerprint density at radius 1 is 0.971 bits per heavy atom. The summed E-state index contributed by atoms with van der Waals surface area (Å²) < 4.78 is 13.2. The predicted octanol–water partition coefficient (Wildman–Crippen LogP) is 4.84. The Bertz CT molecular complexity index is 1370. The molecule has 4 aromatic rings. The molecular weight excluding hydrogens is 462 g/mol. The zero-order valence-corrected chi connectivity index (χ0v) is 20.5. The summed E-state index contributed by atoms with van der Waals surface area (Å²) in [7, 11) is 0. The van der Waals surface area contributed by atoms with Crippen LogP contribution in [0.2, 0.25) is 0 Å². The van der Waals surface area contributed by atoms with Gasteiger partial charge < -0.3 is 14.8 Å². The van der Waals surface area contributed by atoms with E-state index in [2.05, 4.69) is 46.5 Å². The highest BCUT2D eigenvalue weighted by molar-refractivity contribution is 8.00. The van der Waals surface area contributed by atoms with Gasteiger partial charge in [-0.25, -0.2) is 0 Å². The molecule has 5 rings (SSSR count). The van der Waals surface area contributed by atoms with Crippen molar-refractivity contribution in [3.63, 3.8) is 0 Å². The summed E-state index contributed by atoms with van der Waals surface area (Å²) in [5.74, 6) is 1.86. The van der Waals surface area contributed by atoms with Gasteiger partial charge in [0.1, 0.15) is 13.2 Å². The van der Waals surface area contributed by atoms with E-state index in [0.717, 1.165) is 16.8 Å². The zero-order chi connectivity index (χ0) is 24.4. The van der Waals surface area contributed by atoms with Crippen molar-refractivity contribution in [2.24, 2.45) is 0 Å². The first kappa shape index (κ1) is 22.9. The number of fused-ring (bicyclic) bond motifs is 1. The Hall–Kier alpha value is -3.85. The van der Waals surface area contributed by atoms with Gasteiger partial charge in [-0.3, -0.25) is 14.3 Å². The van der Waals surface area contributed by atoms with Crippen molar-refractivity contribution in [1.29, 1.82) is 0 Å². The largest absolute Gasteiger partial charge is 0.486 e. The Morgan fingerprint density at radius 3 is 2.51 bits per heavy atom. The maximum atomic E-state index is 13.0. The van der Waals surface area contributed by atoms with Gasteiger partial charge >= 0.3 is 0 Å². The van der Waals surface area contributed by atoms with Gasteiger partial charge in [-0.05, 0) is 68.3 Å². The molecule has 3 heterocycles. The number of benzene rings is 2.